The van der Waals surface area contributed by atoms with Crippen molar-refractivity contribution in [3.05, 3.63) is 65.5 Å². The molecule has 1 unspecified atom stereocenters. The van der Waals surface area contributed by atoms with E-state index < -0.39 is 0 Å². The lowest BCUT2D eigenvalue weighted by molar-refractivity contribution is 0.623. The molecule has 2 aromatic rings. The molecule has 1 aliphatic rings. The van der Waals surface area contributed by atoms with Crippen molar-refractivity contribution in [1.29, 1.82) is 0 Å². The summed E-state index contributed by atoms with van der Waals surface area (Å²) >= 11 is 1.38. The number of hydrogen-bond acceptors (Lipinski definition) is 5. The largest absolute Gasteiger partial charge is 0.378 e. The molecule has 4 nitrogen and oxygen atoms in total. The monoisotopic (exact) mass is 328 g/mol. The highest BCUT2D eigenvalue weighted by atomic mass is 32.2. The van der Waals surface area contributed by atoms with Crippen molar-refractivity contribution < 1.29 is 4.39 Å². The Kier molecular flexibility index (Phi) is 4.43. The molecule has 0 saturated carbocycles. The third kappa shape index (κ3) is 3.42. The Labute approximate surface area is 138 Å². The number of nitrogens with zero attached hydrogens (tertiary/aromatic N) is 3. The first-order valence-corrected chi connectivity index (χ1v) is 8.22. The molecule has 3 rings (SSSR count). The van der Waals surface area contributed by atoms with Gasteiger partial charge in [-0.3, -0.25) is 9.97 Å². The number of hydrogen-bond donors (Lipinski definition) is 1. The minimum atomic E-state index is -0.317. The fourth-order valence-electron chi connectivity index (χ4n) is 2.25. The standard InChI is InChI=1S/C17H17FN4S/c1-10(2)14-8-21-15(9-20-14)16-7-13(22-17(19)23-16)11-5-3-4-6-12(11)18/h3-10,16H,1-2H3,(H2,19,22). The molecule has 2 heterocycles. The second kappa shape index (κ2) is 6.50. The molecular weight excluding hydrogens is 311 g/mol. The molecule has 0 saturated heterocycles. The summed E-state index contributed by atoms with van der Waals surface area (Å²) < 4.78 is 14.0. The molecule has 1 aromatic heterocycles. The summed E-state index contributed by atoms with van der Waals surface area (Å²) in [6.45, 7) is 4.14. The van der Waals surface area contributed by atoms with Gasteiger partial charge in [-0.25, -0.2) is 9.38 Å². The summed E-state index contributed by atoms with van der Waals surface area (Å²) in [4.78, 5) is 13.2. The van der Waals surface area contributed by atoms with Crippen LogP contribution < -0.4 is 5.73 Å². The molecule has 0 bridgehead atoms. The van der Waals surface area contributed by atoms with Gasteiger partial charge in [-0.2, -0.15) is 0 Å². The minimum absolute atomic E-state index is 0.129. The van der Waals surface area contributed by atoms with Crippen LogP contribution >= 0.6 is 11.8 Å². The first kappa shape index (κ1) is 15.7. The van der Waals surface area contributed by atoms with E-state index >= 15 is 0 Å². The predicted octanol–water partition coefficient (Wildman–Crippen LogP) is 3.88. The topological polar surface area (TPSA) is 64.2 Å². The highest BCUT2D eigenvalue weighted by Crippen LogP contribution is 2.37. The number of nitrogens with two attached hydrogens (primary N) is 1. The molecule has 0 radical (unpaired) electrons. The smallest absolute Gasteiger partial charge is 0.160 e. The second-order valence-corrected chi connectivity index (χ2v) is 6.70. The van der Waals surface area contributed by atoms with Crippen LogP contribution in [-0.4, -0.2) is 15.1 Å². The molecule has 0 amide bonds. The average Bonchev–Trinajstić information content (AvgIpc) is 2.55. The number of benzene rings is 1. The van der Waals surface area contributed by atoms with Crippen molar-refractivity contribution in [2.24, 2.45) is 10.7 Å². The van der Waals surface area contributed by atoms with Crippen LogP contribution in [0.25, 0.3) is 5.70 Å². The number of aliphatic imine (C=N–C) groups is 1. The van der Waals surface area contributed by atoms with E-state index in [2.05, 4.69) is 28.8 Å². The van der Waals surface area contributed by atoms with Crippen LogP contribution in [0, 0.1) is 5.82 Å². The third-order valence-corrected chi connectivity index (χ3v) is 4.48. The Morgan fingerprint density at radius 1 is 1.17 bits per heavy atom. The summed E-state index contributed by atoms with van der Waals surface area (Å²) in [6, 6.07) is 6.53. The van der Waals surface area contributed by atoms with Crippen molar-refractivity contribution >= 4 is 22.6 Å². The summed E-state index contributed by atoms with van der Waals surface area (Å²) in [7, 11) is 0. The summed E-state index contributed by atoms with van der Waals surface area (Å²) in [5.41, 5.74) is 8.61. The van der Waals surface area contributed by atoms with Gasteiger partial charge in [0.05, 0.1) is 28.5 Å². The van der Waals surface area contributed by atoms with E-state index in [9.17, 15) is 4.39 Å². The molecule has 118 valence electrons. The summed E-state index contributed by atoms with van der Waals surface area (Å²) in [6.07, 6.45) is 5.40. The molecule has 0 aliphatic carbocycles. The fraction of sp³-hybridized carbons (Fsp3) is 0.235. The summed E-state index contributed by atoms with van der Waals surface area (Å²) in [5, 5.41) is 0.265. The molecule has 0 spiro atoms. The van der Waals surface area contributed by atoms with Gasteiger partial charge in [0, 0.05) is 11.8 Å². The van der Waals surface area contributed by atoms with Crippen molar-refractivity contribution in [1.82, 2.24) is 9.97 Å². The Hall–Kier alpha value is -2.21. The maximum Gasteiger partial charge on any atom is 0.160 e. The van der Waals surface area contributed by atoms with E-state index in [0.717, 1.165) is 11.4 Å². The number of aromatic nitrogens is 2. The molecule has 1 aliphatic heterocycles. The van der Waals surface area contributed by atoms with E-state index in [0.29, 0.717) is 22.3 Å². The molecule has 0 fully saturated rings. The Morgan fingerprint density at radius 2 is 1.96 bits per heavy atom. The van der Waals surface area contributed by atoms with Crippen molar-refractivity contribution in [2.45, 2.75) is 25.0 Å². The van der Waals surface area contributed by atoms with Crippen LogP contribution in [0.3, 0.4) is 0 Å². The summed E-state index contributed by atoms with van der Waals surface area (Å²) in [5.74, 6) is 0.00824. The quantitative estimate of drug-likeness (QED) is 0.928. The highest BCUT2D eigenvalue weighted by Gasteiger charge is 2.21. The number of thioether (sulfide) groups is 1. The van der Waals surface area contributed by atoms with Crippen LogP contribution in [0.2, 0.25) is 0 Å². The van der Waals surface area contributed by atoms with Crippen LogP contribution in [0.4, 0.5) is 4.39 Å². The Bertz CT molecular complexity index is 768. The molecule has 1 aromatic carbocycles. The van der Waals surface area contributed by atoms with Gasteiger partial charge in [0.2, 0.25) is 0 Å². The van der Waals surface area contributed by atoms with Crippen molar-refractivity contribution in [3.63, 3.8) is 0 Å². The zero-order valence-electron chi connectivity index (χ0n) is 12.9. The zero-order chi connectivity index (χ0) is 16.4. The fourth-order valence-corrected chi connectivity index (χ4v) is 3.10. The number of rotatable bonds is 3. The SMILES string of the molecule is CC(C)c1cnc(C2C=C(c3ccccc3F)N=C(N)S2)cn1. The molecule has 2 N–H and O–H groups in total. The van der Waals surface area contributed by atoms with E-state index in [1.807, 2.05) is 6.08 Å². The van der Waals surface area contributed by atoms with Gasteiger partial charge in [0.25, 0.3) is 0 Å². The van der Waals surface area contributed by atoms with E-state index in [1.54, 1.807) is 30.6 Å². The third-order valence-electron chi connectivity index (χ3n) is 3.51. The average molecular weight is 328 g/mol. The van der Waals surface area contributed by atoms with E-state index in [-0.39, 0.29) is 11.1 Å². The van der Waals surface area contributed by atoms with E-state index in [4.69, 9.17) is 5.73 Å². The van der Waals surface area contributed by atoms with Gasteiger partial charge in [-0.05, 0) is 24.1 Å². The van der Waals surface area contributed by atoms with E-state index in [1.165, 1.54) is 17.8 Å². The van der Waals surface area contributed by atoms with Crippen LogP contribution in [-0.2, 0) is 0 Å². The van der Waals surface area contributed by atoms with Gasteiger partial charge >= 0.3 is 0 Å². The van der Waals surface area contributed by atoms with Crippen LogP contribution in [0.15, 0.2) is 47.7 Å². The van der Waals surface area contributed by atoms with Gasteiger partial charge in [-0.1, -0.05) is 37.7 Å². The van der Waals surface area contributed by atoms with Crippen molar-refractivity contribution in [3.8, 4) is 0 Å². The number of amidine groups is 1. The maximum atomic E-state index is 14.0. The molecule has 23 heavy (non-hydrogen) atoms. The van der Waals surface area contributed by atoms with Crippen molar-refractivity contribution in [2.75, 3.05) is 0 Å². The van der Waals surface area contributed by atoms with Gasteiger partial charge in [0.15, 0.2) is 5.17 Å². The molecule has 6 heteroatoms. The van der Waals surface area contributed by atoms with Gasteiger partial charge in [-0.15, -0.1) is 0 Å². The lowest BCUT2D eigenvalue weighted by atomic mass is 10.1. The van der Waals surface area contributed by atoms with Crippen LogP contribution in [0.5, 0.6) is 0 Å². The normalized spacial score (nSPS) is 17.8. The molecular formula is C17H17FN4S. The van der Waals surface area contributed by atoms with Gasteiger partial charge < -0.3 is 5.73 Å². The predicted molar refractivity (Wildman–Crippen MR) is 92.5 cm³/mol. The molecule has 1 atom stereocenters. The minimum Gasteiger partial charge on any atom is -0.378 e. The first-order chi connectivity index (χ1) is 11.0. The first-order valence-electron chi connectivity index (χ1n) is 7.34. The highest BCUT2D eigenvalue weighted by molar-refractivity contribution is 8.14. The van der Waals surface area contributed by atoms with Crippen LogP contribution in [0.1, 0.15) is 42.0 Å². The maximum absolute atomic E-state index is 14.0. The Balaban J connectivity index is 1.95. The Morgan fingerprint density at radius 3 is 2.61 bits per heavy atom. The number of halogens is 1. The van der Waals surface area contributed by atoms with Gasteiger partial charge in [0.1, 0.15) is 5.82 Å². The lowest BCUT2D eigenvalue weighted by Gasteiger charge is -2.18. The second-order valence-electron chi connectivity index (χ2n) is 5.54. The zero-order valence-corrected chi connectivity index (χ0v) is 13.7. The lowest BCUT2D eigenvalue weighted by Crippen LogP contribution is -2.14.